The lowest BCUT2D eigenvalue weighted by Crippen LogP contribution is -2.34. The van der Waals surface area contributed by atoms with Gasteiger partial charge in [0.2, 0.25) is 0 Å². The van der Waals surface area contributed by atoms with Gasteiger partial charge in [-0.25, -0.2) is 0 Å². The van der Waals surface area contributed by atoms with Crippen LogP contribution in [0, 0.1) is 6.92 Å². The maximum absolute atomic E-state index is 12.7. The van der Waals surface area contributed by atoms with Gasteiger partial charge in [-0.1, -0.05) is 48.5 Å². The van der Waals surface area contributed by atoms with Gasteiger partial charge in [0.1, 0.15) is 17.9 Å². The molecule has 8 heteroatoms. The summed E-state index contributed by atoms with van der Waals surface area (Å²) in [5.74, 6) is 0.357. The van der Waals surface area contributed by atoms with E-state index in [9.17, 15) is 9.59 Å². The van der Waals surface area contributed by atoms with Crippen molar-refractivity contribution >= 4 is 51.5 Å². The van der Waals surface area contributed by atoms with Crippen LogP contribution in [0.3, 0.4) is 0 Å². The van der Waals surface area contributed by atoms with E-state index in [2.05, 4.69) is 16.0 Å². The largest absolute Gasteiger partial charge is 0.489 e. The number of amides is 2. The number of thiocarbonyl (C=S) groups is 1. The van der Waals surface area contributed by atoms with Crippen molar-refractivity contribution in [3.8, 4) is 5.75 Å². The Hall–Kier alpha value is -4.95. The molecule has 0 aliphatic rings. The fourth-order valence-electron chi connectivity index (χ4n) is 3.93. The molecule has 4 aromatic carbocycles. The van der Waals surface area contributed by atoms with Crippen molar-refractivity contribution in [3.05, 3.63) is 126 Å². The number of fused-ring (bicyclic) bond motifs is 1. The highest BCUT2D eigenvalue weighted by Crippen LogP contribution is 2.23. The molecule has 2 amide bonds. The Morgan fingerprint density at radius 1 is 0.821 bits per heavy atom. The van der Waals surface area contributed by atoms with Crippen LogP contribution < -0.4 is 20.7 Å². The summed E-state index contributed by atoms with van der Waals surface area (Å²) in [6.07, 6.45) is 0. The quantitative estimate of drug-likeness (QED) is 0.201. The minimum atomic E-state index is -0.338. The first-order valence-electron chi connectivity index (χ1n) is 12.2. The van der Waals surface area contributed by atoms with Gasteiger partial charge in [-0.15, -0.1) is 0 Å². The Bertz CT molecular complexity index is 1610. The van der Waals surface area contributed by atoms with Gasteiger partial charge < -0.3 is 19.8 Å². The second kappa shape index (κ2) is 11.6. The molecule has 0 bridgehead atoms. The van der Waals surface area contributed by atoms with Crippen molar-refractivity contribution in [2.24, 2.45) is 0 Å². The molecule has 39 heavy (non-hydrogen) atoms. The molecule has 0 aliphatic heterocycles. The topological polar surface area (TPSA) is 92.6 Å². The van der Waals surface area contributed by atoms with E-state index in [-0.39, 0.29) is 22.7 Å². The molecule has 0 fully saturated rings. The number of carbonyl (C=O) groups is 2. The lowest BCUT2D eigenvalue weighted by atomic mass is 10.1. The molecular weight excluding hydrogens is 510 g/mol. The maximum atomic E-state index is 12.7. The number of hydrogen-bond donors (Lipinski definition) is 3. The van der Waals surface area contributed by atoms with Crippen LogP contribution in [-0.4, -0.2) is 16.9 Å². The van der Waals surface area contributed by atoms with E-state index >= 15 is 0 Å². The second-order valence-corrected chi connectivity index (χ2v) is 9.25. The van der Waals surface area contributed by atoms with Crippen molar-refractivity contribution in [1.82, 2.24) is 5.32 Å². The molecule has 0 unspecified atom stereocenters. The fourth-order valence-corrected chi connectivity index (χ4v) is 4.14. The predicted molar refractivity (Wildman–Crippen MR) is 156 cm³/mol. The van der Waals surface area contributed by atoms with Crippen LogP contribution in [0.2, 0.25) is 0 Å². The smallest absolute Gasteiger partial charge is 0.291 e. The number of hydrogen-bond acceptors (Lipinski definition) is 5. The van der Waals surface area contributed by atoms with Crippen LogP contribution >= 0.6 is 12.2 Å². The molecule has 5 aromatic rings. The van der Waals surface area contributed by atoms with E-state index in [1.165, 1.54) is 0 Å². The lowest BCUT2D eigenvalue weighted by Gasteiger charge is -2.13. The SMILES string of the molecule is Cc1cc(NC(=S)NC(=O)c2ccc(COc3ccccc3)cc2)ccc1NC(=O)c1cc2ccccc2o1. The molecular formula is C31H25N3O4S. The van der Waals surface area contributed by atoms with E-state index < -0.39 is 0 Å². The highest BCUT2D eigenvalue weighted by Gasteiger charge is 2.14. The van der Waals surface area contributed by atoms with Gasteiger partial charge in [0.15, 0.2) is 10.9 Å². The number of anilines is 2. The zero-order valence-corrected chi connectivity index (χ0v) is 21.9. The number of carbonyl (C=O) groups excluding carboxylic acids is 2. The molecule has 0 atom stereocenters. The number of furan rings is 1. The van der Waals surface area contributed by atoms with E-state index in [0.717, 1.165) is 22.3 Å². The van der Waals surface area contributed by atoms with Gasteiger partial charge in [0, 0.05) is 22.3 Å². The first-order valence-corrected chi connectivity index (χ1v) is 12.7. The highest BCUT2D eigenvalue weighted by molar-refractivity contribution is 7.80. The zero-order valence-electron chi connectivity index (χ0n) is 21.1. The summed E-state index contributed by atoms with van der Waals surface area (Å²) in [6.45, 7) is 2.27. The predicted octanol–water partition coefficient (Wildman–Crippen LogP) is 6.70. The monoisotopic (exact) mass is 535 g/mol. The van der Waals surface area contributed by atoms with Crippen molar-refractivity contribution in [2.45, 2.75) is 13.5 Å². The molecule has 0 spiro atoms. The average Bonchev–Trinajstić information content (AvgIpc) is 3.39. The Balaban J connectivity index is 1.14. The van der Waals surface area contributed by atoms with Crippen LogP contribution in [0.5, 0.6) is 5.75 Å². The van der Waals surface area contributed by atoms with Crippen molar-refractivity contribution in [2.75, 3.05) is 10.6 Å². The van der Waals surface area contributed by atoms with Crippen LogP contribution in [0.1, 0.15) is 32.0 Å². The fraction of sp³-hybridized carbons (Fsp3) is 0.0645. The Labute approximate surface area is 230 Å². The summed E-state index contributed by atoms with van der Waals surface area (Å²) in [5.41, 5.74) is 4.20. The highest BCUT2D eigenvalue weighted by atomic mass is 32.1. The van der Waals surface area contributed by atoms with Gasteiger partial charge in [0.05, 0.1) is 0 Å². The van der Waals surface area contributed by atoms with Crippen molar-refractivity contribution in [3.63, 3.8) is 0 Å². The van der Waals surface area contributed by atoms with E-state index in [1.54, 1.807) is 30.3 Å². The van der Waals surface area contributed by atoms with Crippen LogP contribution in [0.15, 0.2) is 108 Å². The van der Waals surface area contributed by atoms with Crippen LogP contribution in [-0.2, 0) is 6.61 Å². The third-order valence-electron chi connectivity index (χ3n) is 5.97. The third-order valence-corrected chi connectivity index (χ3v) is 6.18. The number of benzene rings is 4. The van der Waals surface area contributed by atoms with Crippen LogP contribution in [0.4, 0.5) is 11.4 Å². The Morgan fingerprint density at radius 2 is 1.56 bits per heavy atom. The first kappa shape index (κ1) is 25.7. The lowest BCUT2D eigenvalue weighted by molar-refractivity contribution is 0.0975. The third kappa shape index (κ3) is 6.49. The molecule has 5 rings (SSSR count). The van der Waals surface area contributed by atoms with Crippen LogP contribution in [0.25, 0.3) is 11.0 Å². The van der Waals surface area contributed by atoms with Gasteiger partial charge in [0.25, 0.3) is 11.8 Å². The number of nitrogens with one attached hydrogen (secondary N) is 3. The molecule has 3 N–H and O–H groups in total. The molecule has 194 valence electrons. The minimum absolute atomic E-state index is 0.162. The molecule has 0 aliphatic carbocycles. The molecule has 0 saturated carbocycles. The van der Waals surface area contributed by atoms with Gasteiger partial charge >= 0.3 is 0 Å². The molecule has 7 nitrogen and oxygen atoms in total. The number of rotatable bonds is 7. The summed E-state index contributed by atoms with van der Waals surface area (Å²) in [5, 5.41) is 9.60. The number of aryl methyl sites for hydroxylation is 1. The van der Waals surface area contributed by atoms with Gasteiger partial charge in [-0.3, -0.25) is 14.9 Å². The maximum Gasteiger partial charge on any atom is 0.291 e. The van der Waals surface area contributed by atoms with Crippen molar-refractivity contribution in [1.29, 1.82) is 0 Å². The Morgan fingerprint density at radius 3 is 2.31 bits per heavy atom. The van der Waals surface area contributed by atoms with E-state index in [4.69, 9.17) is 21.4 Å². The van der Waals surface area contributed by atoms with E-state index in [1.807, 2.05) is 79.7 Å². The second-order valence-electron chi connectivity index (χ2n) is 8.84. The number of para-hydroxylation sites is 2. The van der Waals surface area contributed by atoms with Gasteiger partial charge in [-0.2, -0.15) is 0 Å². The summed E-state index contributed by atoms with van der Waals surface area (Å²) < 4.78 is 11.4. The molecule has 1 heterocycles. The van der Waals surface area contributed by atoms with E-state index in [0.29, 0.717) is 29.1 Å². The Kier molecular flexibility index (Phi) is 7.65. The number of ether oxygens (including phenoxy) is 1. The molecule has 0 radical (unpaired) electrons. The summed E-state index contributed by atoms with van der Waals surface area (Å²) >= 11 is 5.33. The summed E-state index contributed by atoms with van der Waals surface area (Å²) in [6, 6.07) is 31.2. The standard InChI is InChI=1S/C31H25N3O4S/c1-20-17-24(15-16-26(20)33-30(36)28-18-23-7-5-6-10-27(23)38-28)32-31(39)34-29(35)22-13-11-21(12-14-22)19-37-25-8-3-2-4-9-25/h2-18H,19H2,1H3,(H,33,36)(H2,32,34,35,39). The van der Waals surface area contributed by atoms with Gasteiger partial charge in [-0.05, 0) is 84.9 Å². The zero-order chi connectivity index (χ0) is 27.2. The summed E-state index contributed by atoms with van der Waals surface area (Å²) in [7, 11) is 0. The van der Waals surface area contributed by atoms with Crippen molar-refractivity contribution < 1.29 is 18.7 Å². The normalized spacial score (nSPS) is 10.6. The first-order chi connectivity index (χ1) is 18.9. The molecule has 1 aromatic heterocycles. The minimum Gasteiger partial charge on any atom is -0.489 e. The summed E-state index contributed by atoms with van der Waals surface area (Å²) in [4.78, 5) is 25.3. The molecule has 0 saturated heterocycles. The average molecular weight is 536 g/mol.